The molecule has 27 heavy (non-hydrogen) atoms. The number of carbonyl (C=O) groups is 2. The van der Waals surface area contributed by atoms with Crippen molar-refractivity contribution < 1.29 is 14.3 Å². The van der Waals surface area contributed by atoms with Crippen LogP contribution in [0.3, 0.4) is 0 Å². The third-order valence-corrected chi connectivity index (χ3v) is 5.79. The SMILES string of the molecule is O=C(CCCOc1ccc(Cl)cc1)N1CCN(C(=O)CC2CCCC2)CC1. The van der Waals surface area contributed by atoms with Crippen LogP contribution < -0.4 is 4.74 Å². The molecule has 2 aliphatic rings. The summed E-state index contributed by atoms with van der Waals surface area (Å²) in [5, 5.41) is 0.679. The first-order valence-corrected chi connectivity index (χ1v) is 10.4. The number of rotatable bonds is 7. The Morgan fingerprint density at radius 3 is 2.19 bits per heavy atom. The lowest BCUT2D eigenvalue weighted by Gasteiger charge is -2.35. The molecule has 0 N–H and O–H groups in total. The highest BCUT2D eigenvalue weighted by atomic mass is 35.5. The molecule has 0 spiro atoms. The van der Waals surface area contributed by atoms with Crippen LogP contribution in [0, 0.1) is 5.92 Å². The summed E-state index contributed by atoms with van der Waals surface area (Å²) in [7, 11) is 0. The Kier molecular flexibility index (Phi) is 7.39. The predicted molar refractivity (Wildman–Crippen MR) is 106 cm³/mol. The zero-order valence-electron chi connectivity index (χ0n) is 15.9. The van der Waals surface area contributed by atoms with E-state index in [2.05, 4.69) is 0 Å². The molecule has 0 aromatic heterocycles. The van der Waals surface area contributed by atoms with E-state index in [1.54, 1.807) is 12.1 Å². The maximum Gasteiger partial charge on any atom is 0.222 e. The van der Waals surface area contributed by atoms with E-state index in [0.717, 1.165) is 5.75 Å². The van der Waals surface area contributed by atoms with Crippen LogP contribution in [-0.2, 0) is 9.59 Å². The summed E-state index contributed by atoms with van der Waals surface area (Å²) < 4.78 is 5.63. The van der Waals surface area contributed by atoms with Crippen molar-refractivity contribution in [3.8, 4) is 5.75 Å². The van der Waals surface area contributed by atoms with Gasteiger partial charge in [-0.15, -0.1) is 0 Å². The van der Waals surface area contributed by atoms with Crippen LogP contribution >= 0.6 is 11.6 Å². The van der Waals surface area contributed by atoms with Crippen LogP contribution in [0.15, 0.2) is 24.3 Å². The highest BCUT2D eigenvalue weighted by Crippen LogP contribution is 2.28. The van der Waals surface area contributed by atoms with Crippen molar-refractivity contribution in [2.24, 2.45) is 5.92 Å². The van der Waals surface area contributed by atoms with Crippen LogP contribution in [0.1, 0.15) is 44.9 Å². The van der Waals surface area contributed by atoms with Crippen molar-refractivity contribution >= 4 is 23.4 Å². The van der Waals surface area contributed by atoms with E-state index in [-0.39, 0.29) is 11.8 Å². The maximum atomic E-state index is 12.4. The first-order chi connectivity index (χ1) is 13.1. The van der Waals surface area contributed by atoms with Crippen molar-refractivity contribution in [1.29, 1.82) is 0 Å². The Morgan fingerprint density at radius 1 is 0.963 bits per heavy atom. The summed E-state index contributed by atoms with van der Waals surface area (Å²) in [5.41, 5.74) is 0. The molecule has 1 heterocycles. The number of ether oxygens (including phenoxy) is 1. The zero-order valence-corrected chi connectivity index (χ0v) is 16.6. The van der Waals surface area contributed by atoms with Gasteiger partial charge in [0.15, 0.2) is 0 Å². The Hall–Kier alpha value is -1.75. The van der Waals surface area contributed by atoms with Crippen molar-refractivity contribution in [1.82, 2.24) is 9.80 Å². The molecule has 5 nitrogen and oxygen atoms in total. The van der Waals surface area contributed by atoms with Crippen molar-refractivity contribution in [3.63, 3.8) is 0 Å². The molecule has 1 saturated heterocycles. The number of hydrogen-bond acceptors (Lipinski definition) is 3. The van der Waals surface area contributed by atoms with E-state index in [0.29, 0.717) is 63.0 Å². The van der Waals surface area contributed by atoms with Crippen LogP contribution in [0.25, 0.3) is 0 Å². The molecule has 148 valence electrons. The summed E-state index contributed by atoms with van der Waals surface area (Å²) in [6, 6.07) is 7.23. The van der Waals surface area contributed by atoms with Gasteiger partial charge in [0.25, 0.3) is 0 Å². The van der Waals surface area contributed by atoms with E-state index in [9.17, 15) is 9.59 Å². The normalized spacial score (nSPS) is 18.0. The molecule has 6 heteroatoms. The van der Waals surface area contributed by atoms with Gasteiger partial charge in [0.1, 0.15) is 5.75 Å². The fraction of sp³-hybridized carbons (Fsp3) is 0.619. The molecule has 1 aromatic rings. The van der Waals surface area contributed by atoms with Gasteiger partial charge in [-0.05, 0) is 49.4 Å². The van der Waals surface area contributed by atoms with Gasteiger partial charge in [-0.25, -0.2) is 0 Å². The molecule has 0 unspecified atom stereocenters. The molecule has 1 aliphatic carbocycles. The molecule has 0 atom stereocenters. The number of carbonyl (C=O) groups excluding carboxylic acids is 2. The standard InChI is InChI=1S/C21H29ClN2O3/c22-18-7-9-19(10-8-18)27-15-3-6-20(25)23-11-13-24(14-12-23)21(26)16-17-4-1-2-5-17/h7-10,17H,1-6,11-16H2. The molecule has 2 fully saturated rings. The average Bonchev–Trinajstić information content (AvgIpc) is 3.19. The number of nitrogens with zero attached hydrogens (tertiary/aromatic N) is 2. The fourth-order valence-electron chi connectivity index (χ4n) is 3.90. The maximum absolute atomic E-state index is 12.4. The van der Waals surface area contributed by atoms with Crippen LogP contribution in [0.4, 0.5) is 0 Å². The molecule has 1 aromatic carbocycles. The minimum Gasteiger partial charge on any atom is -0.494 e. The first kappa shape index (κ1) is 20.0. The van der Waals surface area contributed by atoms with Crippen LogP contribution in [0.2, 0.25) is 5.02 Å². The lowest BCUT2D eigenvalue weighted by atomic mass is 10.0. The predicted octanol–water partition coefficient (Wildman–Crippen LogP) is 3.75. The average molecular weight is 393 g/mol. The summed E-state index contributed by atoms with van der Waals surface area (Å²) in [5.74, 6) is 1.77. The summed E-state index contributed by atoms with van der Waals surface area (Å²) in [6.07, 6.45) is 6.77. The summed E-state index contributed by atoms with van der Waals surface area (Å²) in [6.45, 7) is 3.13. The van der Waals surface area contributed by atoms with Gasteiger partial charge in [-0.3, -0.25) is 9.59 Å². The van der Waals surface area contributed by atoms with Crippen LogP contribution in [0.5, 0.6) is 5.75 Å². The van der Waals surface area contributed by atoms with Gasteiger partial charge in [-0.1, -0.05) is 24.4 Å². The zero-order chi connectivity index (χ0) is 19.1. The van der Waals surface area contributed by atoms with E-state index in [1.807, 2.05) is 21.9 Å². The Morgan fingerprint density at radius 2 is 1.56 bits per heavy atom. The molecule has 3 rings (SSSR count). The smallest absolute Gasteiger partial charge is 0.222 e. The third kappa shape index (κ3) is 6.13. The minimum atomic E-state index is 0.151. The summed E-state index contributed by atoms with van der Waals surface area (Å²) >= 11 is 5.84. The van der Waals surface area contributed by atoms with Crippen molar-refractivity contribution in [2.45, 2.75) is 44.9 Å². The number of amides is 2. The number of halogens is 1. The van der Waals surface area contributed by atoms with E-state index in [4.69, 9.17) is 16.3 Å². The molecule has 1 aliphatic heterocycles. The Balaban J connectivity index is 1.31. The van der Waals surface area contributed by atoms with E-state index in [1.165, 1.54) is 25.7 Å². The molecule has 2 amide bonds. The fourth-order valence-corrected chi connectivity index (χ4v) is 4.02. The van der Waals surface area contributed by atoms with Crippen molar-refractivity contribution in [2.75, 3.05) is 32.8 Å². The van der Waals surface area contributed by atoms with E-state index >= 15 is 0 Å². The van der Waals surface area contributed by atoms with E-state index < -0.39 is 0 Å². The number of benzene rings is 1. The van der Waals surface area contributed by atoms with Gasteiger partial charge in [0, 0.05) is 44.0 Å². The molecule has 0 bridgehead atoms. The van der Waals surface area contributed by atoms with Crippen molar-refractivity contribution in [3.05, 3.63) is 29.3 Å². The van der Waals surface area contributed by atoms with Gasteiger partial charge >= 0.3 is 0 Å². The lowest BCUT2D eigenvalue weighted by Crippen LogP contribution is -2.50. The second-order valence-electron chi connectivity index (χ2n) is 7.52. The highest BCUT2D eigenvalue weighted by Gasteiger charge is 2.26. The van der Waals surface area contributed by atoms with Gasteiger partial charge < -0.3 is 14.5 Å². The second-order valence-corrected chi connectivity index (χ2v) is 7.96. The molecule has 1 saturated carbocycles. The first-order valence-electron chi connectivity index (χ1n) is 10.1. The topological polar surface area (TPSA) is 49.9 Å². The van der Waals surface area contributed by atoms with Gasteiger partial charge in [0.05, 0.1) is 6.61 Å². The highest BCUT2D eigenvalue weighted by molar-refractivity contribution is 6.30. The molecule has 0 radical (unpaired) electrons. The van der Waals surface area contributed by atoms with Crippen LogP contribution in [-0.4, -0.2) is 54.4 Å². The lowest BCUT2D eigenvalue weighted by molar-refractivity contribution is -0.140. The monoisotopic (exact) mass is 392 g/mol. The quantitative estimate of drug-likeness (QED) is 0.664. The Labute approximate surface area is 166 Å². The minimum absolute atomic E-state index is 0.151. The number of piperazine rings is 1. The summed E-state index contributed by atoms with van der Waals surface area (Å²) in [4.78, 5) is 28.6. The van der Waals surface area contributed by atoms with Gasteiger partial charge in [0.2, 0.25) is 11.8 Å². The second kappa shape index (κ2) is 9.98. The largest absolute Gasteiger partial charge is 0.494 e. The third-order valence-electron chi connectivity index (χ3n) is 5.54. The number of hydrogen-bond donors (Lipinski definition) is 0. The Bertz CT molecular complexity index is 621. The van der Waals surface area contributed by atoms with Gasteiger partial charge in [-0.2, -0.15) is 0 Å². The molecular formula is C21H29ClN2O3. The molecular weight excluding hydrogens is 364 g/mol.